The first-order chi connectivity index (χ1) is 13.0. The molecule has 6 nitrogen and oxygen atoms in total. The average Bonchev–Trinajstić information content (AvgIpc) is 3.45. The Hall–Kier alpha value is -1.40. The van der Waals surface area contributed by atoms with Crippen LogP contribution in [0.1, 0.15) is 67.7 Å². The summed E-state index contributed by atoms with van der Waals surface area (Å²) in [5.41, 5.74) is -0.0824. The first kappa shape index (κ1) is 21.3. The lowest BCUT2D eigenvalue weighted by atomic mass is 9.76. The molecule has 6 heteroatoms. The Labute approximate surface area is 167 Å². The Morgan fingerprint density at radius 2 is 1.79 bits per heavy atom. The van der Waals surface area contributed by atoms with Crippen molar-refractivity contribution in [1.82, 2.24) is 0 Å². The van der Waals surface area contributed by atoms with Crippen molar-refractivity contribution in [3.63, 3.8) is 0 Å². The van der Waals surface area contributed by atoms with Gasteiger partial charge in [0.1, 0.15) is 18.3 Å². The maximum absolute atomic E-state index is 12.6. The molecule has 0 unspecified atom stereocenters. The lowest BCUT2D eigenvalue weighted by Gasteiger charge is -2.36. The number of ether oxygens (including phenoxy) is 4. The summed E-state index contributed by atoms with van der Waals surface area (Å²) in [6.45, 7) is 13.3. The molecule has 3 aliphatic rings. The summed E-state index contributed by atoms with van der Waals surface area (Å²) in [4.78, 5) is 24.5. The number of hydrogen-bond donors (Lipinski definition) is 0. The molecule has 0 aromatic rings. The summed E-state index contributed by atoms with van der Waals surface area (Å²) >= 11 is 0. The molecule has 2 heterocycles. The summed E-state index contributed by atoms with van der Waals surface area (Å²) in [5, 5.41) is 0. The van der Waals surface area contributed by atoms with Gasteiger partial charge in [-0.15, -0.1) is 0 Å². The minimum Gasteiger partial charge on any atom is -0.459 e. The van der Waals surface area contributed by atoms with Gasteiger partial charge in [-0.3, -0.25) is 4.79 Å². The maximum Gasteiger partial charge on any atom is 0.333 e. The van der Waals surface area contributed by atoms with Crippen LogP contribution in [0.15, 0.2) is 11.6 Å². The topological polar surface area (TPSA) is 77.7 Å². The number of carbonyl (C=O) groups excluding carboxylic acids is 2. The van der Waals surface area contributed by atoms with E-state index in [9.17, 15) is 9.59 Å². The largest absolute Gasteiger partial charge is 0.459 e. The Morgan fingerprint density at radius 3 is 2.36 bits per heavy atom. The van der Waals surface area contributed by atoms with Crippen LogP contribution in [0.2, 0.25) is 0 Å². The first-order valence-corrected chi connectivity index (χ1v) is 10.4. The van der Waals surface area contributed by atoms with Gasteiger partial charge in [0.25, 0.3) is 0 Å². The Balaban J connectivity index is 1.96. The fourth-order valence-electron chi connectivity index (χ4n) is 4.68. The second kappa shape index (κ2) is 7.45. The number of hydrogen-bond acceptors (Lipinski definition) is 6. The Kier molecular flexibility index (Phi) is 5.67. The van der Waals surface area contributed by atoms with Crippen molar-refractivity contribution in [1.29, 1.82) is 0 Å². The number of epoxide rings is 2. The number of carbonyl (C=O) groups is 2. The molecule has 0 N–H and O–H groups in total. The standard InChI is InChI=1S/C22H34O6/c1-8-13(4)20(24)26-15-11-22(7)16(27-22)9-10-21(6)19(28-21)18(25-14(5)23)17(15)12(2)3/h8,12,15-19H,9-11H2,1-7H3/b13-8-/t15-,16+,17+,18+,19-,21-,22-/m0/s1. The van der Waals surface area contributed by atoms with E-state index in [1.54, 1.807) is 13.0 Å². The van der Waals surface area contributed by atoms with Gasteiger partial charge in [0.15, 0.2) is 0 Å². The van der Waals surface area contributed by atoms with Crippen LogP contribution in [-0.2, 0) is 28.5 Å². The van der Waals surface area contributed by atoms with Crippen molar-refractivity contribution >= 4 is 11.9 Å². The Bertz CT molecular complexity index is 670. The monoisotopic (exact) mass is 394 g/mol. The molecule has 2 saturated heterocycles. The highest BCUT2D eigenvalue weighted by Crippen LogP contribution is 2.53. The summed E-state index contributed by atoms with van der Waals surface area (Å²) in [5.74, 6) is -0.727. The van der Waals surface area contributed by atoms with Crippen LogP contribution >= 0.6 is 0 Å². The van der Waals surface area contributed by atoms with Gasteiger partial charge >= 0.3 is 11.9 Å². The van der Waals surface area contributed by atoms with Crippen LogP contribution in [0, 0.1) is 11.8 Å². The molecule has 1 aliphatic carbocycles. The maximum atomic E-state index is 12.6. The van der Waals surface area contributed by atoms with Crippen LogP contribution < -0.4 is 0 Å². The SMILES string of the molecule is C/C=C(/C)C(=O)O[C@H]1C[C@]2(C)O[C@@H]2CC[C@]2(C)O[C@H]2[C@H](OC(C)=O)[C@@H]1C(C)C. The Morgan fingerprint density at radius 1 is 1.11 bits per heavy atom. The quantitative estimate of drug-likeness (QED) is 0.412. The lowest BCUT2D eigenvalue weighted by Crippen LogP contribution is -2.47. The minimum absolute atomic E-state index is 0.127. The highest BCUT2D eigenvalue weighted by atomic mass is 16.6. The van der Waals surface area contributed by atoms with E-state index in [4.69, 9.17) is 18.9 Å². The van der Waals surface area contributed by atoms with E-state index in [2.05, 4.69) is 27.7 Å². The molecule has 28 heavy (non-hydrogen) atoms. The smallest absolute Gasteiger partial charge is 0.333 e. The van der Waals surface area contributed by atoms with Gasteiger partial charge in [-0.2, -0.15) is 0 Å². The molecule has 7 atom stereocenters. The lowest BCUT2D eigenvalue weighted by molar-refractivity contribution is -0.163. The van der Waals surface area contributed by atoms with Crippen LogP contribution in [0.25, 0.3) is 0 Å². The molecule has 0 radical (unpaired) electrons. The van der Waals surface area contributed by atoms with Gasteiger partial charge in [-0.25, -0.2) is 4.79 Å². The van der Waals surface area contributed by atoms with Crippen LogP contribution in [0.5, 0.6) is 0 Å². The van der Waals surface area contributed by atoms with E-state index in [-0.39, 0.29) is 47.2 Å². The second-order valence-corrected chi connectivity index (χ2v) is 9.32. The van der Waals surface area contributed by atoms with Crippen molar-refractivity contribution in [2.45, 2.75) is 103 Å². The number of allylic oxidation sites excluding steroid dienone is 1. The fourth-order valence-corrected chi connectivity index (χ4v) is 4.68. The molecule has 1 saturated carbocycles. The summed E-state index contributed by atoms with van der Waals surface area (Å²) < 4.78 is 23.9. The van der Waals surface area contributed by atoms with Gasteiger partial charge in [0.2, 0.25) is 0 Å². The van der Waals surface area contributed by atoms with Crippen molar-refractivity contribution in [3.8, 4) is 0 Å². The van der Waals surface area contributed by atoms with E-state index in [0.29, 0.717) is 12.0 Å². The zero-order chi connectivity index (χ0) is 20.9. The minimum atomic E-state index is -0.454. The van der Waals surface area contributed by atoms with E-state index < -0.39 is 12.2 Å². The van der Waals surface area contributed by atoms with E-state index >= 15 is 0 Å². The normalized spacial score (nSPS) is 42.9. The summed E-state index contributed by atoms with van der Waals surface area (Å²) in [7, 11) is 0. The third-order valence-corrected chi connectivity index (χ3v) is 6.68. The molecule has 2 aliphatic heterocycles. The van der Waals surface area contributed by atoms with Gasteiger partial charge in [0.05, 0.1) is 17.3 Å². The van der Waals surface area contributed by atoms with Gasteiger partial charge < -0.3 is 18.9 Å². The molecular weight excluding hydrogens is 360 g/mol. The summed E-state index contributed by atoms with van der Waals surface area (Å²) in [6, 6.07) is 0. The van der Waals surface area contributed by atoms with Crippen LogP contribution in [-0.4, -0.2) is 47.6 Å². The number of fused-ring (bicyclic) bond motifs is 2. The number of esters is 2. The highest BCUT2D eigenvalue weighted by Gasteiger charge is 2.64. The molecule has 3 rings (SSSR count). The molecular formula is C22H34O6. The zero-order valence-electron chi connectivity index (χ0n) is 18.1. The van der Waals surface area contributed by atoms with Crippen LogP contribution in [0.3, 0.4) is 0 Å². The average molecular weight is 395 g/mol. The molecule has 0 spiro atoms. The van der Waals surface area contributed by atoms with Crippen molar-refractivity contribution in [3.05, 3.63) is 11.6 Å². The van der Waals surface area contributed by atoms with E-state index in [0.717, 1.165) is 12.8 Å². The van der Waals surface area contributed by atoms with E-state index in [1.165, 1.54) is 6.92 Å². The predicted molar refractivity (Wildman–Crippen MR) is 104 cm³/mol. The molecule has 0 aromatic carbocycles. The molecule has 0 bridgehead atoms. The summed E-state index contributed by atoms with van der Waals surface area (Å²) in [6.07, 6.45) is 3.17. The second-order valence-electron chi connectivity index (χ2n) is 9.32. The molecule has 3 fully saturated rings. The third kappa shape index (κ3) is 4.13. The fraction of sp³-hybridized carbons (Fsp3) is 0.818. The zero-order valence-corrected chi connectivity index (χ0v) is 18.1. The van der Waals surface area contributed by atoms with E-state index in [1.807, 2.05) is 6.92 Å². The van der Waals surface area contributed by atoms with Crippen molar-refractivity contribution < 1.29 is 28.5 Å². The first-order valence-electron chi connectivity index (χ1n) is 10.4. The molecule has 0 amide bonds. The molecule has 158 valence electrons. The van der Waals surface area contributed by atoms with Crippen molar-refractivity contribution in [2.75, 3.05) is 0 Å². The van der Waals surface area contributed by atoms with Crippen molar-refractivity contribution in [2.24, 2.45) is 11.8 Å². The van der Waals surface area contributed by atoms with Crippen LogP contribution in [0.4, 0.5) is 0 Å². The highest BCUT2D eigenvalue weighted by molar-refractivity contribution is 5.87. The molecule has 0 aromatic heterocycles. The number of rotatable bonds is 4. The van der Waals surface area contributed by atoms with Gasteiger partial charge in [-0.1, -0.05) is 19.9 Å². The third-order valence-electron chi connectivity index (χ3n) is 6.68. The van der Waals surface area contributed by atoms with Gasteiger partial charge in [0, 0.05) is 24.8 Å². The predicted octanol–water partition coefficient (Wildman–Crippen LogP) is 3.57. The van der Waals surface area contributed by atoms with Gasteiger partial charge in [-0.05, 0) is 46.5 Å².